The van der Waals surface area contributed by atoms with Gasteiger partial charge in [0.25, 0.3) is 5.91 Å². The molecule has 0 saturated carbocycles. The first-order valence-electron chi connectivity index (χ1n) is 7.14. The molecule has 1 spiro atoms. The van der Waals surface area contributed by atoms with Crippen LogP contribution < -0.4 is 0 Å². The summed E-state index contributed by atoms with van der Waals surface area (Å²) < 4.78 is 25.2. The second-order valence-corrected chi connectivity index (χ2v) is 7.43. The van der Waals surface area contributed by atoms with Gasteiger partial charge in [0.05, 0.1) is 10.8 Å². The Labute approximate surface area is 130 Å². The largest absolute Gasteiger partial charge is 0.338 e. The third-order valence-electron chi connectivity index (χ3n) is 4.59. The number of halogens is 1. The molecule has 5 nitrogen and oxygen atoms in total. The molecule has 118 valence electrons. The molecule has 2 saturated heterocycles. The lowest BCUT2D eigenvalue weighted by atomic mass is 10.0. The van der Waals surface area contributed by atoms with E-state index in [9.17, 15) is 18.2 Å². The Bertz CT molecular complexity index is 639. The first kappa shape index (κ1) is 15.1. The van der Waals surface area contributed by atoms with Crippen LogP contribution in [0.1, 0.15) is 23.2 Å². The molecule has 1 aromatic rings. The number of piperidine rings is 1. The van der Waals surface area contributed by atoms with E-state index >= 15 is 0 Å². The van der Waals surface area contributed by atoms with Crippen LogP contribution in [0.15, 0.2) is 24.3 Å². The van der Waals surface area contributed by atoms with Gasteiger partial charge in [-0.1, -0.05) is 0 Å². The molecule has 2 aliphatic heterocycles. The monoisotopic (exact) mass is 324 g/mol. The average Bonchev–Trinajstić information content (AvgIpc) is 2.72. The molecule has 0 aliphatic carbocycles. The van der Waals surface area contributed by atoms with Crippen LogP contribution in [-0.4, -0.2) is 56.6 Å². The lowest BCUT2D eigenvalue weighted by Crippen LogP contribution is -2.54. The van der Waals surface area contributed by atoms with Gasteiger partial charge in [-0.2, -0.15) is 0 Å². The number of hydrogen-bond acceptors (Lipinski definition) is 3. The van der Waals surface area contributed by atoms with E-state index in [4.69, 9.17) is 0 Å². The van der Waals surface area contributed by atoms with Crippen molar-refractivity contribution in [2.45, 2.75) is 17.7 Å². The van der Waals surface area contributed by atoms with Gasteiger partial charge in [0.1, 0.15) is 16.4 Å². The summed E-state index contributed by atoms with van der Waals surface area (Å²) in [6, 6.07) is 5.45. The Morgan fingerprint density at radius 1 is 1.23 bits per heavy atom. The zero-order valence-electron chi connectivity index (χ0n) is 12.3. The summed E-state index contributed by atoms with van der Waals surface area (Å²) in [7, 11) is 0.470. The smallest absolute Gasteiger partial charge is 0.253 e. The van der Waals surface area contributed by atoms with Crippen molar-refractivity contribution in [3.63, 3.8) is 0 Å². The highest BCUT2D eigenvalue weighted by atomic mass is 32.2. The topological polar surface area (TPSA) is 57.7 Å². The highest BCUT2D eigenvalue weighted by Gasteiger charge is 2.51. The van der Waals surface area contributed by atoms with E-state index in [2.05, 4.69) is 0 Å². The summed E-state index contributed by atoms with van der Waals surface area (Å²) in [6.45, 7) is 0.888. The first-order valence-corrected chi connectivity index (χ1v) is 8.46. The number of rotatable bonds is 1. The van der Waals surface area contributed by atoms with Gasteiger partial charge in [0, 0.05) is 38.5 Å². The summed E-state index contributed by atoms with van der Waals surface area (Å²) in [6.07, 6.45) is 1.02. The summed E-state index contributed by atoms with van der Waals surface area (Å²) in [5.41, 5.74) is 0.439. The normalized spacial score (nSPS) is 24.1. The van der Waals surface area contributed by atoms with Crippen molar-refractivity contribution in [1.29, 1.82) is 0 Å². The van der Waals surface area contributed by atoms with Crippen molar-refractivity contribution >= 4 is 22.6 Å². The molecule has 2 heterocycles. The predicted octanol–water partition coefficient (Wildman–Crippen LogP) is 0.979. The highest BCUT2D eigenvalue weighted by Crippen LogP contribution is 2.36. The van der Waals surface area contributed by atoms with Gasteiger partial charge in [-0.25, -0.2) is 4.39 Å². The minimum absolute atomic E-state index is 0.0718. The van der Waals surface area contributed by atoms with Crippen molar-refractivity contribution < 1.29 is 18.2 Å². The Hall–Kier alpha value is -1.76. The van der Waals surface area contributed by atoms with Crippen molar-refractivity contribution in [2.24, 2.45) is 0 Å². The molecular weight excluding hydrogens is 307 g/mol. The minimum atomic E-state index is -1.21. The van der Waals surface area contributed by atoms with Crippen LogP contribution in [0.25, 0.3) is 0 Å². The van der Waals surface area contributed by atoms with Crippen molar-refractivity contribution in [3.8, 4) is 0 Å². The van der Waals surface area contributed by atoms with Crippen LogP contribution in [-0.2, 0) is 15.6 Å². The fourth-order valence-corrected chi connectivity index (χ4v) is 4.85. The van der Waals surface area contributed by atoms with Crippen LogP contribution in [0, 0.1) is 5.82 Å². The summed E-state index contributed by atoms with van der Waals surface area (Å²) in [5.74, 6) is -0.567. The van der Waals surface area contributed by atoms with E-state index in [1.165, 1.54) is 24.3 Å². The molecular formula is C15H17FN2O3S. The molecule has 2 amide bonds. The number of amides is 2. The number of benzene rings is 1. The van der Waals surface area contributed by atoms with E-state index in [0.717, 1.165) is 0 Å². The van der Waals surface area contributed by atoms with E-state index in [1.807, 2.05) is 0 Å². The Kier molecular flexibility index (Phi) is 3.76. The molecule has 1 atom stereocenters. The van der Waals surface area contributed by atoms with Gasteiger partial charge in [0.15, 0.2) is 0 Å². The number of hydrogen-bond donors (Lipinski definition) is 0. The standard InChI is InChI=1S/C15H17FN2O3S/c1-17-13(19)10-22(21)15(17)6-8-18(9-7-15)14(20)11-2-4-12(16)5-3-11/h2-5H,6-10H2,1H3. The van der Waals surface area contributed by atoms with Gasteiger partial charge < -0.3 is 9.80 Å². The lowest BCUT2D eigenvalue weighted by Gasteiger charge is -2.42. The molecule has 0 radical (unpaired) electrons. The molecule has 3 rings (SSSR count). The third kappa shape index (κ3) is 2.33. The Balaban J connectivity index is 1.72. The average molecular weight is 324 g/mol. The maximum absolute atomic E-state index is 12.9. The number of carbonyl (C=O) groups excluding carboxylic acids is 2. The van der Waals surface area contributed by atoms with Crippen LogP contribution >= 0.6 is 0 Å². The van der Waals surface area contributed by atoms with Crippen molar-refractivity contribution in [2.75, 3.05) is 25.9 Å². The third-order valence-corrected chi connectivity index (χ3v) is 6.63. The fraction of sp³-hybridized carbons (Fsp3) is 0.467. The first-order chi connectivity index (χ1) is 10.4. The maximum atomic E-state index is 12.9. The molecule has 2 fully saturated rings. The number of nitrogens with zero attached hydrogens (tertiary/aromatic N) is 2. The van der Waals surface area contributed by atoms with E-state index < -0.39 is 15.7 Å². The van der Waals surface area contributed by atoms with Gasteiger partial charge >= 0.3 is 0 Å². The molecule has 0 N–H and O–H groups in total. The quantitative estimate of drug-likeness (QED) is 0.774. The molecule has 0 aromatic heterocycles. The zero-order chi connectivity index (χ0) is 15.9. The van der Waals surface area contributed by atoms with E-state index in [0.29, 0.717) is 31.5 Å². The molecule has 22 heavy (non-hydrogen) atoms. The van der Waals surface area contributed by atoms with Gasteiger partial charge in [0.2, 0.25) is 5.91 Å². The van der Waals surface area contributed by atoms with Gasteiger partial charge in [-0.15, -0.1) is 0 Å². The summed E-state index contributed by atoms with van der Waals surface area (Å²) in [4.78, 5) is 26.8. The SMILES string of the molecule is CN1C(=O)CS(=O)C12CCN(C(=O)c1ccc(F)cc1)CC2. The minimum Gasteiger partial charge on any atom is -0.338 e. The summed E-state index contributed by atoms with van der Waals surface area (Å²) in [5, 5.41) is 0. The van der Waals surface area contributed by atoms with Crippen LogP contribution in [0.2, 0.25) is 0 Å². The Morgan fingerprint density at radius 2 is 1.82 bits per heavy atom. The van der Waals surface area contributed by atoms with Gasteiger partial charge in [-0.3, -0.25) is 13.8 Å². The van der Waals surface area contributed by atoms with E-state index in [-0.39, 0.29) is 23.4 Å². The zero-order valence-corrected chi connectivity index (χ0v) is 13.1. The maximum Gasteiger partial charge on any atom is 0.253 e. The van der Waals surface area contributed by atoms with Crippen LogP contribution in [0.5, 0.6) is 0 Å². The highest BCUT2D eigenvalue weighted by molar-refractivity contribution is 7.87. The van der Waals surface area contributed by atoms with Crippen LogP contribution in [0.3, 0.4) is 0 Å². The van der Waals surface area contributed by atoms with Crippen molar-refractivity contribution in [3.05, 3.63) is 35.6 Å². The van der Waals surface area contributed by atoms with Crippen LogP contribution in [0.4, 0.5) is 4.39 Å². The van der Waals surface area contributed by atoms with E-state index in [1.54, 1.807) is 16.8 Å². The lowest BCUT2D eigenvalue weighted by molar-refractivity contribution is -0.129. The van der Waals surface area contributed by atoms with Crippen molar-refractivity contribution in [1.82, 2.24) is 9.80 Å². The molecule has 1 unspecified atom stereocenters. The predicted molar refractivity (Wildman–Crippen MR) is 80.0 cm³/mol. The molecule has 0 bridgehead atoms. The Morgan fingerprint density at radius 3 is 2.32 bits per heavy atom. The molecule has 2 aliphatic rings. The fourth-order valence-electron chi connectivity index (χ4n) is 3.12. The second-order valence-electron chi connectivity index (χ2n) is 5.69. The second kappa shape index (κ2) is 5.46. The number of carbonyl (C=O) groups is 2. The molecule has 1 aromatic carbocycles. The molecule has 7 heteroatoms. The summed E-state index contributed by atoms with van der Waals surface area (Å²) >= 11 is 0. The van der Waals surface area contributed by atoms with Gasteiger partial charge in [-0.05, 0) is 24.3 Å². The number of likely N-dealkylation sites (tertiary alicyclic amines) is 1.